The average molecular weight is 223 g/mol. The van der Waals surface area contributed by atoms with Crippen LogP contribution in [0.15, 0.2) is 30.4 Å². The minimum absolute atomic E-state index is 0.0488. The van der Waals surface area contributed by atoms with E-state index in [0.29, 0.717) is 12.3 Å². The SMILES string of the molecule is C/C=C/C(F)COc1ccc(CN)cc1C. The molecule has 0 spiro atoms. The van der Waals surface area contributed by atoms with Crippen LogP contribution in [0.4, 0.5) is 4.39 Å². The van der Waals surface area contributed by atoms with Gasteiger partial charge in [0.2, 0.25) is 0 Å². The molecule has 16 heavy (non-hydrogen) atoms. The van der Waals surface area contributed by atoms with Crippen molar-refractivity contribution in [2.24, 2.45) is 5.73 Å². The first-order valence-corrected chi connectivity index (χ1v) is 5.36. The van der Waals surface area contributed by atoms with Crippen molar-refractivity contribution in [1.29, 1.82) is 0 Å². The standard InChI is InChI=1S/C13H18FNO/c1-3-4-12(14)9-16-13-6-5-11(8-15)7-10(13)2/h3-7,12H,8-9,15H2,1-2H3/b4-3+. The molecule has 2 N–H and O–H groups in total. The maximum absolute atomic E-state index is 13.1. The van der Waals surface area contributed by atoms with Crippen LogP contribution in [0.3, 0.4) is 0 Å². The maximum Gasteiger partial charge on any atom is 0.152 e. The molecular formula is C13H18FNO. The van der Waals surface area contributed by atoms with E-state index < -0.39 is 6.17 Å². The van der Waals surface area contributed by atoms with E-state index in [2.05, 4.69) is 0 Å². The highest BCUT2D eigenvalue weighted by Crippen LogP contribution is 2.19. The molecule has 0 aliphatic heterocycles. The third-order valence-corrected chi connectivity index (χ3v) is 2.27. The van der Waals surface area contributed by atoms with Gasteiger partial charge in [-0.2, -0.15) is 0 Å². The van der Waals surface area contributed by atoms with Crippen molar-refractivity contribution in [3.8, 4) is 5.75 Å². The summed E-state index contributed by atoms with van der Waals surface area (Å²) in [6, 6.07) is 5.68. The van der Waals surface area contributed by atoms with Gasteiger partial charge in [-0.1, -0.05) is 24.3 Å². The molecule has 0 radical (unpaired) electrons. The van der Waals surface area contributed by atoms with Gasteiger partial charge in [0.05, 0.1) is 0 Å². The minimum Gasteiger partial charge on any atom is -0.490 e. The van der Waals surface area contributed by atoms with Crippen molar-refractivity contribution in [2.75, 3.05) is 6.61 Å². The highest BCUT2D eigenvalue weighted by Gasteiger charge is 2.05. The fourth-order valence-electron chi connectivity index (χ4n) is 1.43. The number of hydrogen-bond acceptors (Lipinski definition) is 2. The zero-order chi connectivity index (χ0) is 12.0. The number of nitrogens with two attached hydrogens (primary N) is 1. The molecule has 3 heteroatoms. The van der Waals surface area contributed by atoms with Crippen molar-refractivity contribution in [3.05, 3.63) is 41.5 Å². The summed E-state index contributed by atoms with van der Waals surface area (Å²) < 4.78 is 18.5. The Morgan fingerprint density at radius 3 is 2.81 bits per heavy atom. The largest absolute Gasteiger partial charge is 0.490 e. The molecule has 0 aliphatic rings. The molecule has 0 aliphatic carbocycles. The maximum atomic E-state index is 13.1. The normalized spacial score (nSPS) is 13.0. The molecule has 1 atom stereocenters. The monoisotopic (exact) mass is 223 g/mol. The van der Waals surface area contributed by atoms with E-state index in [4.69, 9.17) is 10.5 Å². The van der Waals surface area contributed by atoms with E-state index in [9.17, 15) is 4.39 Å². The van der Waals surface area contributed by atoms with Crippen LogP contribution in [-0.4, -0.2) is 12.8 Å². The van der Waals surface area contributed by atoms with Gasteiger partial charge in [-0.3, -0.25) is 0 Å². The summed E-state index contributed by atoms with van der Waals surface area (Å²) in [7, 11) is 0. The molecule has 1 unspecified atom stereocenters. The van der Waals surface area contributed by atoms with Gasteiger partial charge in [-0.15, -0.1) is 0 Å². The molecular weight excluding hydrogens is 205 g/mol. The second-order valence-corrected chi connectivity index (χ2v) is 3.66. The number of halogens is 1. The van der Waals surface area contributed by atoms with Crippen molar-refractivity contribution < 1.29 is 9.13 Å². The summed E-state index contributed by atoms with van der Waals surface area (Å²) in [5, 5.41) is 0. The molecule has 0 aromatic heterocycles. The second-order valence-electron chi connectivity index (χ2n) is 3.66. The molecule has 0 amide bonds. The van der Waals surface area contributed by atoms with Crippen LogP contribution >= 0.6 is 0 Å². The summed E-state index contributed by atoms with van der Waals surface area (Å²) in [5.74, 6) is 0.712. The first-order valence-electron chi connectivity index (χ1n) is 5.36. The van der Waals surface area contributed by atoms with Crippen LogP contribution in [0.1, 0.15) is 18.1 Å². The zero-order valence-corrected chi connectivity index (χ0v) is 9.74. The highest BCUT2D eigenvalue weighted by atomic mass is 19.1. The van der Waals surface area contributed by atoms with Gasteiger partial charge in [0.25, 0.3) is 0 Å². The van der Waals surface area contributed by atoms with Gasteiger partial charge < -0.3 is 10.5 Å². The molecule has 88 valence electrons. The van der Waals surface area contributed by atoms with Crippen LogP contribution < -0.4 is 10.5 Å². The van der Waals surface area contributed by atoms with Crippen molar-refractivity contribution >= 4 is 0 Å². The van der Waals surface area contributed by atoms with Gasteiger partial charge in [0, 0.05) is 6.54 Å². The van der Waals surface area contributed by atoms with Crippen LogP contribution in [0, 0.1) is 6.92 Å². The smallest absolute Gasteiger partial charge is 0.152 e. The number of hydrogen-bond donors (Lipinski definition) is 1. The summed E-state index contributed by atoms with van der Waals surface area (Å²) in [6.45, 7) is 4.27. The van der Waals surface area contributed by atoms with Gasteiger partial charge in [-0.05, 0) is 31.0 Å². The summed E-state index contributed by atoms with van der Waals surface area (Å²) in [6.07, 6.45) is 2.10. The Labute approximate surface area is 95.9 Å². The van der Waals surface area contributed by atoms with E-state index in [1.807, 2.05) is 25.1 Å². The van der Waals surface area contributed by atoms with E-state index in [-0.39, 0.29) is 6.61 Å². The lowest BCUT2D eigenvalue weighted by molar-refractivity contribution is 0.227. The summed E-state index contributed by atoms with van der Waals surface area (Å²) in [4.78, 5) is 0. The van der Waals surface area contributed by atoms with E-state index in [1.165, 1.54) is 6.08 Å². The minimum atomic E-state index is -1.06. The zero-order valence-electron chi connectivity index (χ0n) is 9.74. The van der Waals surface area contributed by atoms with Gasteiger partial charge in [0.1, 0.15) is 12.4 Å². The molecule has 0 saturated carbocycles. The Hall–Kier alpha value is -1.35. The number of rotatable bonds is 5. The molecule has 1 aromatic carbocycles. The molecule has 0 heterocycles. The van der Waals surface area contributed by atoms with Crippen molar-refractivity contribution in [1.82, 2.24) is 0 Å². The Morgan fingerprint density at radius 2 is 2.25 bits per heavy atom. The molecule has 2 nitrogen and oxygen atoms in total. The predicted octanol–water partition coefficient (Wildman–Crippen LogP) is 2.75. The first-order chi connectivity index (χ1) is 7.67. The first kappa shape index (κ1) is 12.7. The molecule has 1 aromatic rings. The molecule has 0 fully saturated rings. The topological polar surface area (TPSA) is 35.2 Å². The Balaban J connectivity index is 2.60. The lowest BCUT2D eigenvalue weighted by Crippen LogP contribution is -2.10. The predicted molar refractivity (Wildman–Crippen MR) is 64.3 cm³/mol. The van der Waals surface area contributed by atoms with Crippen LogP contribution in [-0.2, 0) is 6.54 Å². The fraction of sp³-hybridized carbons (Fsp3) is 0.385. The lowest BCUT2D eigenvalue weighted by Gasteiger charge is -2.11. The fourth-order valence-corrected chi connectivity index (χ4v) is 1.43. The van der Waals surface area contributed by atoms with E-state index in [0.717, 1.165) is 11.1 Å². The van der Waals surface area contributed by atoms with Crippen LogP contribution in [0.2, 0.25) is 0 Å². The number of ether oxygens (including phenoxy) is 1. The van der Waals surface area contributed by atoms with Gasteiger partial charge >= 0.3 is 0 Å². The quantitative estimate of drug-likeness (QED) is 0.779. The second kappa shape index (κ2) is 6.28. The lowest BCUT2D eigenvalue weighted by atomic mass is 10.1. The van der Waals surface area contributed by atoms with Gasteiger partial charge in [0.15, 0.2) is 6.17 Å². The van der Waals surface area contributed by atoms with Gasteiger partial charge in [-0.25, -0.2) is 4.39 Å². The summed E-state index contributed by atoms with van der Waals surface area (Å²) >= 11 is 0. The Bertz CT molecular complexity index is 363. The third kappa shape index (κ3) is 3.66. The third-order valence-electron chi connectivity index (χ3n) is 2.27. The van der Waals surface area contributed by atoms with Crippen LogP contribution in [0.25, 0.3) is 0 Å². The highest BCUT2D eigenvalue weighted by molar-refractivity contribution is 5.36. The molecule has 0 bridgehead atoms. The number of alkyl halides is 1. The number of benzene rings is 1. The number of aryl methyl sites for hydroxylation is 1. The average Bonchev–Trinajstić information content (AvgIpc) is 2.27. The van der Waals surface area contributed by atoms with Crippen molar-refractivity contribution in [2.45, 2.75) is 26.6 Å². The van der Waals surface area contributed by atoms with Crippen LogP contribution in [0.5, 0.6) is 5.75 Å². The number of allylic oxidation sites excluding steroid dienone is 1. The summed E-state index contributed by atoms with van der Waals surface area (Å²) in [5.41, 5.74) is 7.55. The molecule has 0 saturated heterocycles. The Morgan fingerprint density at radius 1 is 1.50 bits per heavy atom. The van der Waals surface area contributed by atoms with E-state index in [1.54, 1.807) is 13.0 Å². The molecule has 1 rings (SSSR count). The van der Waals surface area contributed by atoms with E-state index >= 15 is 0 Å². The Kier molecular flexibility index (Phi) is 4.99. The van der Waals surface area contributed by atoms with Crippen molar-refractivity contribution in [3.63, 3.8) is 0 Å².